The molecule has 0 aromatic rings. The zero-order valence-electron chi connectivity index (χ0n) is 9.30. The van der Waals surface area contributed by atoms with Crippen LogP contribution in [0.3, 0.4) is 0 Å². The summed E-state index contributed by atoms with van der Waals surface area (Å²) in [7, 11) is 0. The van der Waals surface area contributed by atoms with Gasteiger partial charge in [-0.15, -0.1) is 0 Å². The Morgan fingerprint density at radius 1 is 1.50 bits per heavy atom. The van der Waals surface area contributed by atoms with E-state index in [9.17, 15) is 0 Å². The van der Waals surface area contributed by atoms with Gasteiger partial charge >= 0.3 is 0 Å². The van der Waals surface area contributed by atoms with E-state index in [1.807, 2.05) is 0 Å². The van der Waals surface area contributed by atoms with Crippen molar-refractivity contribution in [3.63, 3.8) is 0 Å². The molecule has 84 valence electrons. The maximum absolute atomic E-state index is 5.67. The summed E-state index contributed by atoms with van der Waals surface area (Å²) in [4.78, 5) is 0. The standard InChI is InChI=1S/C11H24N2O/c1-10(12)5-2-3-7-13-9-11-6-4-8-14-11/h10-11,13H,2-9,12H2,1H3. The van der Waals surface area contributed by atoms with Crippen LogP contribution >= 0.6 is 0 Å². The molecule has 3 N–H and O–H groups in total. The van der Waals surface area contributed by atoms with Crippen LogP contribution in [0.1, 0.15) is 39.0 Å². The topological polar surface area (TPSA) is 47.3 Å². The third-order valence-corrected chi connectivity index (χ3v) is 2.66. The van der Waals surface area contributed by atoms with Gasteiger partial charge in [0.25, 0.3) is 0 Å². The summed E-state index contributed by atoms with van der Waals surface area (Å²) in [5.74, 6) is 0. The van der Waals surface area contributed by atoms with Gasteiger partial charge in [0.1, 0.15) is 0 Å². The highest BCUT2D eigenvalue weighted by molar-refractivity contribution is 4.67. The van der Waals surface area contributed by atoms with Crippen LogP contribution in [-0.2, 0) is 4.74 Å². The third-order valence-electron chi connectivity index (χ3n) is 2.66. The van der Waals surface area contributed by atoms with Gasteiger partial charge in [0.2, 0.25) is 0 Å². The minimum absolute atomic E-state index is 0.355. The quantitative estimate of drug-likeness (QED) is 0.608. The lowest BCUT2D eigenvalue weighted by molar-refractivity contribution is 0.110. The summed E-state index contributed by atoms with van der Waals surface area (Å²) < 4.78 is 5.52. The van der Waals surface area contributed by atoms with Gasteiger partial charge in [0, 0.05) is 19.2 Å². The molecule has 0 aromatic heterocycles. The second-order valence-electron chi connectivity index (χ2n) is 4.31. The lowest BCUT2D eigenvalue weighted by Gasteiger charge is -2.10. The molecule has 0 saturated carbocycles. The Kier molecular flexibility index (Phi) is 6.15. The molecular weight excluding hydrogens is 176 g/mol. The number of nitrogens with two attached hydrogens (primary N) is 1. The van der Waals surface area contributed by atoms with Crippen LogP contribution in [0.15, 0.2) is 0 Å². The van der Waals surface area contributed by atoms with Crippen LogP contribution in [0.4, 0.5) is 0 Å². The Morgan fingerprint density at radius 3 is 3.00 bits per heavy atom. The molecule has 1 rings (SSSR count). The van der Waals surface area contributed by atoms with Crippen molar-refractivity contribution in [2.45, 2.75) is 51.2 Å². The second kappa shape index (κ2) is 7.21. The summed E-state index contributed by atoms with van der Waals surface area (Å²) in [6.07, 6.45) is 6.54. The van der Waals surface area contributed by atoms with E-state index in [2.05, 4.69) is 12.2 Å². The first kappa shape index (κ1) is 12.0. The molecule has 0 aromatic carbocycles. The predicted octanol–water partition coefficient (Wildman–Crippen LogP) is 1.27. The molecule has 1 aliphatic rings. The summed E-state index contributed by atoms with van der Waals surface area (Å²) >= 11 is 0. The summed E-state index contributed by atoms with van der Waals surface area (Å²) in [5.41, 5.74) is 5.67. The van der Waals surface area contributed by atoms with E-state index in [1.54, 1.807) is 0 Å². The Labute approximate surface area is 87.4 Å². The zero-order valence-corrected chi connectivity index (χ0v) is 9.30. The average molecular weight is 200 g/mol. The number of rotatable bonds is 7. The fourth-order valence-corrected chi connectivity index (χ4v) is 1.78. The monoisotopic (exact) mass is 200 g/mol. The first-order valence-electron chi connectivity index (χ1n) is 5.87. The first-order chi connectivity index (χ1) is 6.79. The number of unbranched alkanes of at least 4 members (excludes halogenated alkanes) is 1. The average Bonchev–Trinajstić information content (AvgIpc) is 2.63. The van der Waals surface area contributed by atoms with Gasteiger partial charge in [-0.05, 0) is 39.2 Å². The van der Waals surface area contributed by atoms with Crippen molar-refractivity contribution in [1.29, 1.82) is 0 Å². The van der Waals surface area contributed by atoms with E-state index in [0.717, 1.165) is 26.1 Å². The largest absolute Gasteiger partial charge is 0.377 e. The van der Waals surface area contributed by atoms with Crippen LogP contribution in [0.25, 0.3) is 0 Å². The Morgan fingerprint density at radius 2 is 2.36 bits per heavy atom. The van der Waals surface area contributed by atoms with Gasteiger partial charge in [-0.2, -0.15) is 0 Å². The third kappa shape index (κ3) is 5.58. The molecule has 3 nitrogen and oxygen atoms in total. The van der Waals surface area contributed by atoms with Crippen LogP contribution < -0.4 is 11.1 Å². The Balaban J connectivity index is 1.79. The number of nitrogens with one attached hydrogen (secondary N) is 1. The van der Waals surface area contributed by atoms with Gasteiger partial charge in [-0.1, -0.05) is 6.42 Å². The van der Waals surface area contributed by atoms with E-state index < -0.39 is 0 Å². The van der Waals surface area contributed by atoms with Gasteiger partial charge < -0.3 is 15.8 Å². The van der Waals surface area contributed by atoms with E-state index in [1.165, 1.54) is 25.7 Å². The molecule has 1 saturated heterocycles. The van der Waals surface area contributed by atoms with Gasteiger partial charge in [-0.3, -0.25) is 0 Å². The normalized spacial score (nSPS) is 24.0. The minimum Gasteiger partial charge on any atom is -0.377 e. The maximum atomic E-state index is 5.67. The van der Waals surface area contributed by atoms with E-state index in [0.29, 0.717) is 12.1 Å². The van der Waals surface area contributed by atoms with E-state index in [4.69, 9.17) is 10.5 Å². The highest BCUT2D eigenvalue weighted by atomic mass is 16.5. The number of hydrogen-bond donors (Lipinski definition) is 2. The molecule has 1 fully saturated rings. The fraction of sp³-hybridized carbons (Fsp3) is 1.00. The minimum atomic E-state index is 0.355. The molecule has 0 radical (unpaired) electrons. The van der Waals surface area contributed by atoms with Crippen LogP contribution in [-0.4, -0.2) is 31.8 Å². The van der Waals surface area contributed by atoms with E-state index >= 15 is 0 Å². The van der Waals surface area contributed by atoms with Gasteiger partial charge in [0.15, 0.2) is 0 Å². The maximum Gasteiger partial charge on any atom is 0.0700 e. The van der Waals surface area contributed by atoms with Gasteiger partial charge in [-0.25, -0.2) is 0 Å². The van der Waals surface area contributed by atoms with Crippen LogP contribution in [0.5, 0.6) is 0 Å². The van der Waals surface area contributed by atoms with Crippen LogP contribution in [0.2, 0.25) is 0 Å². The molecule has 0 aliphatic carbocycles. The molecule has 0 amide bonds. The SMILES string of the molecule is CC(N)CCCCNCC1CCCO1. The second-order valence-corrected chi connectivity index (χ2v) is 4.31. The fourth-order valence-electron chi connectivity index (χ4n) is 1.78. The van der Waals surface area contributed by atoms with E-state index in [-0.39, 0.29) is 0 Å². The van der Waals surface area contributed by atoms with Crippen molar-refractivity contribution < 1.29 is 4.74 Å². The molecule has 1 aliphatic heterocycles. The van der Waals surface area contributed by atoms with Crippen molar-refractivity contribution in [1.82, 2.24) is 5.32 Å². The summed E-state index contributed by atoms with van der Waals surface area (Å²) in [5, 5.41) is 3.44. The van der Waals surface area contributed by atoms with Crippen LogP contribution in [0, 0.1) is 0 Å². The molecule has 0 bridgehead atoms. The Hall–Kier alpha value is -0.120. The van der Waals surface area contributed by atoms with Crippen molar-refractivity contribution in [3.8, 4) is 0 Å². The van der Waals surface area contributed by atoms with Crippen molar-refractivity contribution >= 4 is 0 Å². The highest BCUT2D eigenvalue weighted by Gasteiger charge is 2.13. The molecule has 2 unspecified atom stereocenters. The number of ether oxygens (including phenoxy) is 1. The van der Waals surface area contributed by atoms with Crippen molar-refractivity contribution in [2.75, 3.05) is 19.7 Å². The number of hydrogen-bond acceptors (Lipinski definition) is 3. The lowest BCUT2D eigenvalue weighted by atomic mass is 10.1. The van der Waals surface area contributed by atoms with Gasteiger partial charge in [0.05, 0.1) is 6.10 Å². The molecular formula is C11H24N2O. The zero-order chi connectivity index (χ0) is 10.2. The smallest absolute Gasteiger partial charge is 0.0700 e. The van der Waals surface area contributed by atoms with Crippen molar-refractivity contribution in [2.24, 2.45) is 5.73 Å². The summed E-state index contributed by atoms with van der Waals surface area (Å²) in [6, 6.07) is 0.355. The Bertz CT molecular complexity index is 133. The van der Waals surface area contributed by atoms with Crippen molar-refractivity contribution in [3.05, 3.63) is 0 Å². The molecule has 3 heteroatoms. The highest BCUT2D eigenvalue weighted by Crippen LogP contribution is 2.10. The molecule has 0 spiro atoms. The molecule has 1 heterocycles. The molecule has 2 atom stereocenters. The lowest BCUT2D eigenvalue weighted by Crippen LogP contribution is -2.27. The summed E-state index contributed by atoms with van der Waals surface area (Å²) in [6.45, 7) is 5.15. The predicted molar refractivity (Wildman–Crippen MR) is 59.3 cm³/mol. The molecule has 14 heavy (non-hydrogen) atoms. The first-order valence-corrected chi connectivity index (χ1v) is 5.87.